The predicted molar refractivity (Wildman–Crippen MR) is 77.0 cm³/mol. The molecule has 1 aromatic heterocycles. The molecule has 0 radical (unpaired) electrons. The first-order valence-corrected chi connectivity index (χ1v) is 6.90. The summed E-state index contributed by atoms with van der Waals surface area (Å²) in [7, 11) is 0. The van der Waals surface area contributed by atoms with Crippen molar-refractivity contribution in [3.05, 3.63) is 56.9 Å². The van der Waals surface area contributed by atoms with Crippen LogP contribution in [0.15, 0.2) is 36.5 Å². The first-order chi connectivity index (χ1) is 8.65. The Morgan fingerprint density at radius 1 is 1.44 bits per heavy atom. The Bertz CT molecular complexity index is 618. The van der Waals surface area contributed by atoms with Crippen LogP contribution < -0.4 is 0 Å². The minimum Gasteiger partial charge on any atom is -0.477 e. The van der Waals surface area contributed by atoms with E-state index in [0.29, 0.717) is 11.6 Å². The number of nitrogens with zero attached hydrogens (tertiary/aromatic N) is 1. The van der Waals surface area contributed by atoms with Crippen LogP contribution in [0.4, 0.5) is 0 Å². The van der Waals surface area contributed by atoms with E-state index in [1.165, 1.54) is 11.1 Å². The molecule has 0 saturated heterocycles. The third-order valence-corrected chi connectivity index (χ3v) is 4.05. The number of carboxylic acids is 1. The van der Waals surface area contributed by atoms with Crippen molar-refractivity contribution in [3.63, 3.8) is 0 Å². The van der Waals surface area contributed by atoms with Gasteiger partial charge in [0.05, 0.1) is 0 Å². The second-order valence-electron chi connectivity index (χ2n) is 4.60. The van der Waals surface area contributed by atoms with Gasteiger partial charge in [-0.3, -0.25) is 0 Å². The minimum atomic E-state index is -0.856. The molecule has 0 spiro atoms. The second-order valence-corrected chi connectivity index (χ2v) is 5.85. The van der Waals surface area contributed by atoms with E-state index in [1.807, 2.05) is 16.8 Å². The van der Waals surface area contributed by atoms with Crippen molar-refractivity contribution in [1.82, 2.24) is 4.57 Å². The topological polar surface area (TPSA) is 42.2 Å². The Hall–Kier alpha value is -1.30. The van der Waals surface area contributed by atoms with Crippen LogP contribution in [0.5, 0.6) is 0 Å². The van der Waals surface area contributed by atoms with E-state index in [1.54, 1.807) is 6.07 Å². The van der Waals surface area contributed by atoms with E-state index < -0.39 is 5.97 Å². The molecule has 3 rings (SSSR count). The molecule has 0 fully saturated rings. The Kier molecular flexibility index (Phi) is 2.89. The lowest BCUT2D eigenvalue weighted by atomic mass is 9.77. The van der Waals surface area contributed by atoms with Gasteiger partial charge in [-0.05, 0) is 46.2 Å². The second kappa shape index (κ2) is 4.42. The third-order valence-electron chi connectivity index (χ3n) is 3.46. The quantitative estimate of drug-likeness (QED) is 0.862. The SMILES string of the molecule is O=C(O)c1cc(I)cn1CC1Cc2ccccc21. The molecule has 92 valence electrons. The standard InChI is InChI=1S/C14H12INO2/c15-11-6-13(14(17)18)16(8-11)7-10-5-9-3-1-2-4-12(9)10/h1-4,6,8,10H,5,7H2,(H,17,18). The van der Waals surface area contributed by atoms with Crippen LogP contribution in [0, 0.1) is 3.57 Å². The summed E-state index contributed by atoms with van der Waals surface area (Å²) in [6.45, 7) is 0.752. The maximum atomic E-state index is 11.1. The van der Waals surface area contributed by atoms with Crippen molar-refractivity contribution in [1.29, 1.82) is 0 Å². The van der Waals surface area contributed by atoms with Crippen molar-refractivity contribution in [2.24, 2.45) is 0 Å². The molecule has 0 saturated carbocycles. The molecular formula is C14H12INO2. The summed E-state index contributed by atoms with van der Waals surface area (Å²) in [6, 6.07) is 10.1. The number of halogens is 1. The largest absolute Gasteiger partial charge is 0.477 e. The normalized spacial score (nSPS) is 17.1. The number of carboxylic acid groups (broad SMARTS) is 1. The van der Waals surface area contributed by atoms with Gasteiger partial charge in [-0.15, -0.1) is 0 Å². The highest BCUT2D eigenvalue weighted by atomic mass is 127. The molecule has 18 heavy (non-hydrogen) atoms. The highest BCUT2D eigenvalue weighted by Gasteiger charge is 2.26. The average Bonchev–Trinajstić information content (AvgIpc) is 2.67. The summed E-state index contributed by atoms with van der Waals surface area (Å²) >= 11 is 2.15. The average molecular weight is 353 g/mol. The van der Waals surface area contributed by atoms with Crippen LogP contribution in [0.25, 0.3) is 0 Å². The first-order valence-electron chi connectivity index (χ1n) is 5.82. The van der Waals surface area contributed by atoms with Crippen molar-refractivity contribution in [2.75, 3.05) is 0 Å². The lowest BCUT2D eigenvalue weighted by Gasteiger charge is -2.30. The number of aromatic carboxylic acids is 1. The third kappa shape index (κ3) is 1.94. The highest BCUT2D eigenvalue weighted by Crippen LogP contribution is 2.36. The fourth-order valence-electron chi connectivity index (χ4n) is 2.57. The van der Waals surface area contributed by atoms with Gasteiger partial charge in [0.15, 0.2) is 0 Å². The molecule has 0 bridgehead atoms. The van der Waals surface area contributed by atoms with Crippen LogP contribution in [-0.2, 0) is 13.0 Å². The van der Waals surface area contributed by atoms with Crippen molar-refractivity contribution in [3.8, 4) is 0 Å². The number of hydrogen-bond donors (Lipinski definition) is 1. The molecule has 3 nitrogen and oxygen atoms in total. The smallest absolute Gasteiger partial charge is 0.352 e. The van der Waals surface area contributed by atoms with E-state index in [-0.39, 0.29) is 0 Å². The summed E-state index contributed by atoms with van der Waals surface area (Å²) in [5, 5.41) is 9.15. The number of carbonyl (C=O) groups is 1. The Morgan fingerprint density at radius 2 is 2.22 bits per heavy atom. The molecule has 2 aromatic rings. The molecular weight excluding hydrogens is 341 g/mol. The zero-order valence-corrected chi connectivity index (χ0v) is 11.8. The van der Waals surface area contributed by atoms with Crippen molar-refractivity contribution in [2.45, 2.75) is 18.9 Å². The molecule has 4 heteroatoms. The summed E-state index contributed by atoms with van der Waals surface area (Å²) in [6.07, 6.45) is 2.95. The molecule has 0 amide bonds. The zero-order valence-electron chi connectivity index (χ0n) is 9.64. The molecule has 1 atom stereocenters. The molecule has 1 aliphatic rings. The van der Waals surface area contributed by atoms with Crippen LogP contribution in [0.1, 0.15) is 27.5 Å². The van der Waals surface area contributed by atoms with Crippen LogP contribution in [0.2, 0.25) is 0 Å². The summed E-state index contributed by atoms with van der Waals surface area (Å²) in [5.74, 6) is -0.409. The van der Waals surface area contributed by atoms with Gasteiger partial charge in [0.25, 0.3) is 0 Å². The van der Waals surface area contributed by atoms with Gasteiger partial charge in [0.2, 0.25) is 0 Å². The molecule has 1 aliphatic carbocycles. The van der Waals surface area contributed by atoms with Crippen LogP contribution in [-0.4, -0.2) is 15.6 Å². The van der Waals surface area contributed by atoms with Gasteiger partial charge in [-0.25, -0.2) is 4.79 Å². The van der Waals surface area contributed by atoms with Crippen LogP contribution >= 0.6 is 22.6 Å². The summed E-state index contributed by atoms with van der Waals surface area (Å²) in [5.41, 5.74) is 3.13. The number of rotatable bonds is 3. The maximum Gasteiger partial charge on any atom is 0.352 e. The molecule has 1 N–H and O–H groups in total. The highest BCUT2D eigenvalue weighted by molar-refractivity contribution is 14.1. The van der Waals surface area contributed by atoms with Crippen molar-refractivity contribution >= 4 is 28.6 Å². The monoisotopic (exact) mass is 353 g/mol. The summed E-state index contributed by atoms with van der Waals surface area (Å²) in [4.78, 5) is 11.1. The summed E-state index contributed by atoms with van der Waals surface area (Å²) < 4.78 is 2.82. The number of fused-ring (bicyclic) bond motifs is 1. The van der Waals surface area contributed by atoms with Gasteiger partial charge in [0, 0.05) is 22.2 Å². The van der Waals surface area contributed by atoms with E-state index in [4.69, 9.17) is 5.11 Å². The molecule has 1 heterocycles. The zero-order chi connectivity index (χ0) is 12.7. The fraction of sp³-hybridized carbons (Fsp3) is 0.214. The van der Waals surface area contributed by atoms with E-state index in [0.717, 1.165) is 16.5 Å². The fourth-order valence-corrected chi connectivity index (χ4v) is 3.20. The lowest BCUT2D eigenvalue weighted by Crippen LogP contribution is -2.23. The van der Waals surface area contributed by atoms with E-state index in [9.17, 15) is 4.79 Å². The Labute approximate surface area is 119 Å². The van der Waals surface area contributed by atoms with Gasteiger partial charge in [-0.2, -0.15) is 0 Å². The Balaban J connectivity index is 1.85. The van der Waals surface area contributed by atoms with Gasteiger partial charge in [-0.1, -0.05) is 24.3 Å². The van der Waals surface area contributed by atoms with Crippen molar-refractivity contribution < 1.29 is 9.90 Å². The Morgan fingerprint density at radius 3 is 2.94 bits per heavy atom. The van der Waals surface area contributed by atoms with Gasteiger partial charge in [0.1, 0.15) is 5.69 Å². The number of hydrogen-bond acceptors (Lipinski definition) is 1. The molecule has 1 unspecified atom stereocenters. The van der Waals surface area contributed by atoms with E-state index in [2.05, 4.69) is 40.8 Å². The molecule has 0 aliphatic heterocycles. The van der Waals surface area contributed by atoms with Gasteiger partial charge < -0.3 is 9.67 Å². The van der Waals surface area contributed by atoms with E-state index >= 15 is 0 Å². The molecule has 1 aromatic carbocycles. The minimum absolute atomic E-state index is 0.379. The van der Waals surface area contributed by atoms with Gasteiger partial charge >= 0.3 is 5.97 Å². The number of aromatic nitrogens is 1. The number of benzene rings is 1. The lowest BCUT2D eigenvalue weighted by molar-refractivity contribution is 0.0684. The first kappa shape index (κ1) is 11.8. The van der Waals surface area contributed by atoms with Crippen LogP contribution in [0.3, 0.4) is 0 Å². The predicted octanol–water partition coefficient (Wildman–Crippen LogP) is 3.13. The maximum absolute atomic E-state index is 11.1.